The fourth-order valence-electron chi connectivity index (χ4n) is 4.42. The zero-order chi connectivity index (χ0) is 19.8. The Kier molecular flexibility index (Phi) is 7.30. The Morgan fingerprint density at radius 2 is 1.64 bits per heavy atom. The number of benzene rings is 2. The smallest absolute Gasteiger partial charge is 0.339 e. The highest BCUT2D eigenvalue weighted by Crippen LogP contribution is 2.44. The minimum Gasteiger partial charge on any atom is -0.451 e. The number of hydrogen-bond acceptors (Lipinski definition) is 2. The van der Waals surface area contributed by atoms with Gasteiger partial charge >= 0.3 is 5.97 Å². The van der Waals surface area contributed by atoms with Gasteiger partial charge in [0.1, 0.15) is 5.60 Å². The van der Waals surface area contributed by atoms with Gasteiger partial charge in [0, 0.05) is 0 Å². The summed E-state index contributed by atoms with van der Waals surface area (Å²) in [5.74, 6) is 0.564. The SMILES string of the molecule is CCCCCC1CCC(OC(=O)c2ccccc2)(c2ccc(CC)cc2)CC1. The van der Waals surface area contributed by atoms with Crippen molar-refractivity contribution in [1.29, 1.82) is 0 Å². The monoisotopic (exact) mass is 378 g/mol. The second-order valence-electron chi connectivity index (χ2n) is 8.24. The maximum Gasteiger partial charge on any atom is 0.339 e. The standard InChI is InChI=1S/C26H34O2/c1-3-5-7-10-22-17-19-26(20-18-22,24-15-13-21(4-2)14-16-24)28-25(27)23-11-8-6-9-12-23/h6,8-9,11-16,22H,3-5,7,10,17-20H2,1-2H3. The maximum atomic E-state index is 12.9. The molecule has 0 atom stereocenters. The van der Waals surface area contributed by atoms with Crippen molar-refractivity contribution >= 4 is 5.97 Å². The summed E-state index contributed by atoms with van der Waals surface area (Å²) in [6.07, 6.45) is 10.4. The van der Waals surface area contributed by atoms with Gasteiger partial charge in [-0.2, -0.15) is 0 Å². The van der Waals surface area contributed by atoms with Crippen LogP contribution in [0.5, 0.6) is 0 Å². The Morgan fingerprint density at radius 1 is 0.964 bits per heavy atom. The number of carbonyl (C=O) groups is 1. The third-order valence-corrected chi connectivity index (χ3v) is 6.31. The lowest BCUT2D eigenvalue weighted by Crippen LogP contribution is -2.37. The molecule has 1 aliphatic rings. The van der Waals surface area contributed by atoms with E-state index in [0.29, 0.717) is 5.56 Å². The summed E-state index contributed by atoms with van der Waals surface area (Å²) in [6, 6.07) is 18.1. The van der Waals surface area contributed by atoms with E-state index in [-0.39, 0.29) is 5.97 Å². The number of carbonyl (C=O) groups excluding carboxylic acids is 1. The van der Waals surface area contributed by atoms with E-state index in [1.807, 2.05) is 30.3 Å². The second kappa shape index (κ2) is 9.91. The van der Waals surface area contributed by atoms with Gasteiger partial charge in [-0.15, -0.1) is 0 Å². The molecule has 150 valence electrons. The van der Waals surface area contributed by atoms with E-state index >= 15 is 0 Å². The van der Waals surface area contributed by atoms with Gasteiger partial charge in [0.25, 0.3) is 0 Å². The molecule has 0 saturated heterocycles. The van der Waals surface area contributed by atoms with Crippen molar-refractivity contribution in [2.45, 2.75) is 77.2 Å². The molecule has 0 unspecified atom stereocenters. The number of hydrogen-bond donors (Lipinski definition) is 0. The minimum atomic E-state index is -0.486. The summed E-state index contributed by atoms with van der Waals surface area (Å²) in [6.45, 7) is 4.43. The average molecular weight is 379 g/mol. The van der Waals surface area contributed by atoms with Gasteiger partial charge in [0.15, 0.2) is 0 Å². The van der Waals surface area contributed by atoms with E-state index in [0.717, 1.165) is 43.6 Å². The lowest BCUT2D eigenvalue weighted by Gasteiger charge is -2.40. The van der Waals surface area contributed by atoms with E-state index in [2.05, 4.69) is 38.1 Å². The van der Waals surface area contributed by atoms with Gasteiger partial charge in [-0.1, -0.05) is 82.0 Å². The molecule has 0 N–H and O–H groups in total. The average Bonchev–Trinajstić information content (AvgIpc) is 2.76. The molecule has 0 spiro atoms. The van der Waals surface area contributed by atoms with Gasteiger partial charge in [-0.3, -0.25) is 0 Å². The molecule has 0 aromatic heterocycles. The number of aryl methyl sites for hydroxylation is 1. The van der Waals surface area contributed by atoms with Crippen molar-refractivity contribution in [3.05, 3.63) is 71.3 Å². The molecule has 1 fully saturated rings. The third-order valence-electron chi connectivity index (χ3n) is 6.31. The van der Waals surface area contributed by atoms with Gasteiger partial charge in [0.05, 0.1) is 5.56 Å². The predicted molar refractivity (Wildman–Crippen MR) is 115 cm³/mol. The van der Waals surface area contributed by atoms with E-state index in [4.69, 9.17) is 4.74 Å². The fourth-order valence-corrected chi connectivity index (χ4v) is 4.42. The molecule has 2 nitrogen and oxygen atoms in total. The van der Waals surface area contributed by atoms with Crippen molar-refractivity contribution in [3.8, 4) is 0 Å². The summed E-state index contributed by atoms with van der Waals surface area (Å²) in [4.78, 5) is 12.9. The summed E-state index contributed by atoms with van der Waals surface area (Å²) in [7, 11) is 0. The van der Waals surface area contributed by atoms with Crippen LogP contribution in [-0.2, 0) is 16.8 Å². The molecular weight excluding hydrogens is 344 g/mol. The van der Waals surface area contributed by atoms with Crippen molar-refractivity contribution < 1.29 is 9.53 Å². The Balaban J connectivity index is 1.77. The highest BCUT2D eigenvalue weighted by atomic mass is 16.6. The first kappa shape index (κ1) is 20.6. The summed E-state index contributed by atoms with van der Waals surface area (Å²) >= 11 is 0. The van der Waals surface area contributed by atoms with Gasteiger partial charge in [0.2, 0.25) is 0 Å². The molecule has 2 aromatic carbocycles. The summed E-state index contributed by atoms with van der Waals surface area (Å²) in [5, 5.41) is 0. The highest BCUT2D eigenvalue weighted by molar-refractivity contribution is 5.89. The van der Waals surface area contributed by atoms with Crippen LogP contribution in [0.1, 0.15) is 86.7 Å². The quantitative estimate of drug-likeness (QED) is 0.362. The molecular formula is C26H34O2. The van der Waals surface area contributed by atoms with Crippen LogP contribution in [-0.4, -0.2) is 5.97 Å². The van der Waals surface area contributed by atoms with Gasteiger partial charge in [-0.25, -0.2) is 4.79 Å². The maximum absolute atomic E-state index is 12.9. The lowest BCUT2D eigenvalue weighted by molar-refractivity contribution is -0.0498. The van der Waals surface area contributed by atoms with Crippen molar-refractivity contribution in [1.82, 2.24) is 0 Å². The second-order valence-corrected chi connectivity index (χ2v) is 8.24. The van der Waals surface area contributed by atoms with E-state index in [9.17, 15) is 4.79 Å². The molecule has 1 saturated carbocycles. The Morgan fingerprint density at radius 3 is 2.25 bits per heavy atom. The molecule has 28 heavy (non-hydrogen) atoms. The third kappa shape index (κ3) is 5.04. The summed E-state index contributed by atoms with van der Waals surface area (Å²) in [5.41, 5.74) is 2.63. The lowest BCUT2D eigenvalue weighted by atomic mass is 9.73. The Hall–Kier alpha value is -2.09. The molecule has 0 heterocycles. The van der Waals surface area contributed by atoms with Crippen LogP contribution >= 0.6 is 0 Å². The molecule has 2 heteroatoms. The Labute approximate surface area is 170 Å². The minimum absolute atomic E-state index is 0.204. The number of ether oxygens (including phenoxy) is 1. The molecule has 0 bridgehead atoms. The van der Waals surface area contributed by atoms with E-state index in [1.165, 1.54) is 31.2 Å². The molecule has 0 aliphatic heterocycles. The first-order valence-electron chi connectivity index (χ1n) is 11.0. The van der Waals surface area contributed by atoms with Gasteiger partial charge in [-0.05, 0) is 61.3 Å². The van der Waals surface area contributed by atoms with Crippen LogP contribution in [0.15, 0.2) is 54.6 Å². The van der Waals surface area contributed by atoms with Gasteiger partial charge < -0.3 is 4.74 Å². The largest absolute Gasteiger partial charge is 0.451 e. The topological polar surface area (TPSA) is 26.3 Å². The fraction of sp³-hybridized carbons (Fsp3) is 0.500. The number of esters is 1. The first-order valence-corrected chi connectivity index (χ1v) is 11.0. The molecule has 0 amide bonds. The summed E-state index contributed by atoms with van der Waals surface area (Å²) < 4.78 is 6.26. The van der Waals surface area contributed by atoms with Crippen molar-refractivity contribution in [3.63, 3.8) is 0 Å². The molecule has 1 aliphatic carbocycles. The van der Waals surface area contributed by atoms with E-state index in [1.54, 1.807) is 0 Å². The van der Waals surface area contributed by atoms with Crippen LogP contribution < -0.4 is 0 Å². The number of unbranched alkanes of at least 4 members (excludes halogenated alkanes) is 2. The molecule has 3 rings (SSSR count). The van der Waals surface area contributed by atoms with Crippen LogP contribution in [0.3, 0.4) is 0 Å². The van der Waals surface area contributed by atoms with Crippen molar-refractivity contribution in [2.24, 2.45) is 5.92 Å². The van der Waals surface area contributed by atoms with Crippen LogP contribution in [0.2, 0.25) is 0 Å². The first-order chi connectivity index (χ1) is 13.7. The zero-order valence-corrected chi connectivity index (χ0v) is 17.5. The van der Waals surface area contributed by atoms with Crippen molar-refractivity contribution in [2.75, 3.05) is 0 Å². The predicted octanol–water partition coefficient (Wildman–Crippen LogP) is 7.07. The van der Waals surface area contributed by atoms with E-state index < -0.39 is 5.60 Å². The molecule has 2 aromatic rings. The molecule has 0 radical (unpaired) electrons. The highest BCUT2D eigenvalue weighted by Gasteiger charge is 2.40. The normalized spacial score (nSPS) is 22.0. The van der Waals surface area contributed by atoms with Crippen LogP contribution in [0.25, 0.3) is 0 Å². The van der Waals surface area contributed by atoms with Crippen LogP contribution in [0.4, 0.5) is 0 Å². The van der Waals surface area contributed by atoms with Crippen LogP contribution in [0, 0.1) is 5.92 Å². The number of rotatable bonds is 8. The Bertz CT molecular complexity index is 725. The zero-order valence-electron chi connectivity index (χ0n) is 17.5.